The molecule has 4 heterocycles. The molecule has 0 amide bonds. The molecule has 346 valence electrons. The molecular formula is C66H42N8. The van der Waals surface area contributed by atoms with Crippen molar-refractivity contribution in [3.05, 3.63) is 255 Å². The third kappa shape index (κ3) is 7.57. The van der Waals surface area contributed by atoms with Crippen molar-refractivity contribution in [1.82, 2.24) is 39.0 Å². The van der Waals surface area contributed by atoms with Crippen LogP contribution in [0.2, 0.25) is 0 Å². The lowest BCUT2D eigenvalue weighted by Gasteiger charge is -2.11. The Bertz CT molecular complexity index is 3990. The van der Waals surface area contributed by atoms with E-state index >= 15 is 0 Å². The highest BCUT2D eigenvalue weighted by Crippen LogP contribution is 2.41. The van der Waals surface area contributed by atoms with Crippen molar-refractivity contribution in [2.24, 2.45) is 0 Å². The molecule has 8 nitrogen and oxygen atoms in total. The van der Waals surface area contributed by atoms with Gasteiger partial charge in [0.25, 0.3) is 0 Å². The van der Waals surface area contributed by atoms with E-state index in [1.54, 1.807) is 0 Å². The Labute approximate surface area is 426 Å². The monoisotopic (exact) mass is 946 g/mol. The standard InChI is InChI=1S/C66H42N8/c1-7-19-43(20-8-1)49-31-35-57-53(39-49)55-41-51(33-37-59(55)73(57)65-69-61(45-23-11-3-12-24-45)67-62(70-65)46-25-13-4-14-26-46)52-34-38-60-56(42-52)54-40-50(44-21-9-2-10-22-44)32-36-58(54)74(60)66-71-63(47-27-15-5-16-28-47)68-64(72-66)48-29-17-6-18-30-48/h1-42H. The van der Waals surface area contributed by atoms with Crippen LogP contribution >= 0.6 is 0 Å². The van der Waals surface area contributed by atoms with Crippen LogP contribution in [0.4, 0.5) is 0 Å². The summed E-state index contributed by atoms with van der Waals surface area (Å²) in [6.07, 6.45) is 0. The summed E-state index contributed by atoms with van der Waals surface area (Å²) in [6.45, 7) is 0. The predicted molar refractivity (Wildman–Crippen MR) is 300 cm³/mol. The van der Waals surface area contributed by atoms with E-state index < -0.39 is 0 Å². The second kappa shape index (κ2) is 17.9. The van der Waals surface area contributed by atoms with Gasteiger partial charge in [0, 0.05) is 43.8 Å². The summed E-state index contributed by atoms with van der Waals surface area (Å²) in [5.41, 5.74) is 14.3. The molecule has 0 unspecified atom stereocenters. The first kappa shape index (κ1) is 42.7. The first-order valence-electron chi connectivity index (χ1n) is 24.7. The normalized spacial score (nSPS) is 11.5. The highest BCUT2D eigenvalue weighted by Gasteiger charge is 2.22. The van der Waals surface area contributed by atoms with Gasteiger partial charge in [-0.15, -0.1) is 0 Å². The van der Waals surface area contributed by atoms with Gasteiger partial charge in [-0.25, -0.2) is 9.97 Å². The first-order chi connectivity index (χ1) is 36.7. The van der Waals surface area contributed by atoms with Crippen molar-refractivity contribution < 1.29 is 0 Å². The molecule has 0 spiro atoms. The third-order valence-corrected chi connectivity index (χ3v) is 13.9. The maximum absolute atomic E-state index is 5.22. The molecule has 0 radical (unpaired) electrons. The number of benzene rings is 10. The Hall–Kier alpha value is -10.2. The lowest BCUT2D eigenvalue weighted by Crippen LogP contribution is -2.06. The van der Waals surface area contributed by atoms with Gasteiger partial charge in [-0.05, 0) is 81.9 Å². The topological polar surface area (TPSA) is 87.2 Å². The van der Waals surface area contributed by atoms with Gasteiger partial charge in [0.05, 0.1) is 22.1 Å². The number of fused-ring (bicyclic) bond motifs is 6. The molecule has 14 aromatic rings. The molecule has 0 saturated heterocycles. The maximum Gasteiger partial charge on any atom is 0.238 e. The van der Waals surface area contributed by atoms with Crippen molar-refractivity contribution in [3.8, 4) is 90.8 Å². The molecule has 14 rings (SSSR count). The van der Waals surface area contributed by atoms with Gasteiger partial charge in [0.15, 0.2) is 23.3 Å². The van der Waals surface area contributed by atoms with E-state index in [0.29, 0.717) is 35.2 Å². The van der Waals surface area contributed by atoms with Crippen molar-refractivity contribution in [2.75, 3.05) is 0 Å². The fourth-order valence-corrected chi connectivity index (χ4v) is 10.3. The van der Waals surface area contributed by atoms with Gasteiger partial charge in [0.2, 0.25) is 11.9 Å². The Balaban J connectivity index is 0.989. The van der Waals surface area contributed by atoms with Gasteiger partial charge in [-0.1, -0.05) is 206 Å². The summed E-state index contributed by atoms with van der Waals surface area (Å²) in [7, 11) is 0. The summed E-state index contributed by atoms with van der Waals surface area (Å²) >= 11 is 0. The zero-order chi connectivity index (χ0) is 49.0. The van der Waals surface area contributed by atoms with Crippen LogP contribution in [0, 0.1) is 0 Å². The van der Waals surface area contributed by atoms with E-state index in [1.165, 1.54) is 0 Å². The van der Waals surface area contributed by atoms with Crippen LogP contribution in [0.15, 0.2) is 255 Å². The molecule has 0 bridgehead atoms. The predicted octanol–water partition coefficient (Wildman–Crippen LogP) is 15.9. The minimum atomic E-state index is 0.547. The van der Waals surface area contributed by atoms with Crippen LogP contribution in [0.1, 0.15) is 0 Å². The zero-order valence-electron chi connectivity index (χ0n) is 39.8. The molecule has 0 saturated carbocycles. The Morgan fingerprint density at radius 2 is 0.405 bits per heavy atom. The van der Waals surface area contributed by atoms with E-state index in [0.717, 1.165) is 99.2 Å². The third-order valence-electron chi connectivity index (χ3n) is 13.9. The molecule has 0 aliphatic carbocycles. The molecule has 74 heavy (non-hydrogen) atoms. The second-order valence-electron chi connectivity index (χ2n) is 18.4. The number of rotatable bonds is 9. The van der Waals surface area contributed by atoms with Crippen LogP contribution in [0.5, 0.6) is 0 Å². The fourth-order valence-electron chi connectivity index (χ4n) is 10.3. The van der Waals surface area contributed by atoms with Crippen LogP contribution in [0.3, 0.4) is 0 Å². The molecular weight excluding hydrogens is 905 g/mol. The number of hydrogen-bond donors (Lipinski definition) is 0. The molecule has 0 fully saturated rings. The van der Waals surface area contributed by atoms with Crippen molar-refractivity contribution in [1.29, 1.82) is 0 Å². The quantitative estimate of drug-likeness (QED) is 0.143. The Morgan fingerprint density at radius 1 is 0.189 bits per heavy atom. The van der Waals surface area contributed by atoms with Crippen LogP contribution < -0.4 is 0 Å². The molecule has 0 aliphatic rings. The highest BCUT2D eigenvalue weighted by molar-refractivity contribution is 6.13. The van der Waals surface area contributed by atoms with Gasteiger partial charge in [-0.2, -0.15) is 19.9 Å². The Kier molecular flexibility index (Phi) is 10.3. The molecule has 10 aromatic carbocycles. The molecule has 8 heteroatoms. The Morgan fingerprint density at radius 3 is 0.649 bits per heavy atom. The smallest absolute Gasteiger partial charge is 0.238 e. The van der Waals surface area contributed by atoms with Gasteiger partial charge < -0.3 is 0 Å². The minimum Gasteiger partial charge on any atom is -0.278 e. The molecule has 4 aromatic heterocycles. The second-order valence-corrected chi connectivity index (χ2v) is 18.4. The number of nitrogens with zero attached hydrogens (tertiary/aromatic N) is 8. The van der Waals surface area contributed by atoms with E-state index in [2.05, 4.69) is 143 Å². The molecule has 0 aliphatic heterocycles. The van der Waals surface area contributed by atoms with Crippen molar-refractivity contribution in [2.45, 2.75) is 0 Å². The number of aromatic nitrogens is 8. The minimum absolute atomic E-state index is 0.547. The van der Waals surface area contributed by atoms with E-state index in [-0.39, 0.29) is 0 Å². The lowest BCUT2D eigenvalue weighted by molar-refractivity contribution is 0.953. The lowest BCUT2D eigenvalue weighted by atomic mass is 9.98. The van der Waals surface area contributed by atoms with E-state index in [4.69, 9.17) is 29.9 Å². The van der Waals surface area contributed by atoms with Crippen molar-refractivity contribution >= 4 is 43.6 Å². The van der Waals surface area contributed by atoms with Gasteiger partial charge in [-0.3, -0.25) is 9.13 Å². The molecule has 0 atom stereocenters. The van der Waals surface area contributed by atoms with E-state index in [9.17, 15) is 0 Å². The van der Waals surface area contributed by atoms with Crippen LogP contribution in [-0.4, -0.2) is 39.0 Å². The summed E-state index contributed by atoms with van der Waals surface area (Å²) < 4.78 is 4.38. The fraction of sp³-hybridized carbons (Fsp3) is 0. The SMILES string of the molecule is c1ccc(-c2ccc3c(c2)c2cc(-c4ccc5c(c4)c4cc(-c6ccccc6)ccc4n5-c4nc(-c5ccccc5)nc(-c5ccccc5)n4)ccc2n3-c2nc(-c3ccccc3)nc(-c3ccccc3)n2)cc1. The highest BCUT2D eigenvalue weighted by atomic mass is 15.2. The molecule has 0 N–H and O–H groups in total. The zero-order valence-corrected chi connectivity index (χ0v) is 39.8. The van der Waals surface area contributed by atoms with E-state index in [1.807, 2.05) is 121 Å². The first-order valence-corrected chi connectivity index (χ1v) is 24.7. The average Bonchev–Trinajstić information content (AvgIpc) is 4.04. The van der Waals surface area contributed by atoms with Gasteiger partial charge >= 0.3 is 0 Å². The summed E-state index contributed by atoms with van der Waals surface area (Å²) in [5.74, 6) is 3.52. The summed E-state index contributed by atoms with van der Waals surface area (Å²) in [5, 5.41) is 4.35. The maximum atomic E-state index is 5.22. The van der Waals surface area contributed by atoms with Crippen LogP contribution in [0.25, 0.3) is 134 Å². The largest absolute Gasteiger partial charge is 0.278 e. The van der Waals surface area contributed by atoms with Crippen LogP contribution in [-0.2, 0) is 0 Å². The number of hydrogen-bond acceptors (Lipinski definition) is 6. The average molecular weight is 947 g/mol. The summed E-state index contributed by atoms with van der Waals surface area (Å²) in [4.78, 5) is 30.9. The summed E-state index contributed by atoms with van der Waals surface area (Å²) in [6, 6.07) is 88.5. The van der Waals surface area contributed by atoms with Crippen molar-refractivity contribution in [3.63, 3.8) is 0 Å². The van der Waals surface area contributed by atoms with Gasteiger partial charge in [0.1, 0.15) is 0 Å².